The molecule has 0 bridgehead atoms. The molecule has 4 fully saturated rings. The fraction of sp³-hybridized carbons (Fsp3) is 0.800. The maximum Gasteiger partial charge on any atom is 0.0991 e. The lowest BCUT2D eigenvalue weighted by molar-refractivity contribution is -0.152. The monoisotopic (exact) mass is 503 g/mol. The second kappa shape index (κ2) is 10.7. The van der Waals surface area contributed by atoms with Crippen LogP contribution in [0, 0.1) is 69.5 Å². The van der Waals surface area contributed by atoms with Gasteiger partial charge in [0.15, 0.2) is 0 Å². The van der Waals surface area contributed by atoms with Gasteiger partial charge in [-0.25, -0.2) is 0 Å². The van der Waals surface area contributed by atoms with Crippen molar-refractivity contribution in [2.24, 2.45) is 58.2 Å². The molecule has 0 aliphatic heterocycles. The van der Waals surface area contributed by atoms with Crippen molar-refractivity contribution in [3.8, 4) is 6.07 Å². The van der Waals surface area contributed by atoms with Crippen LogP contribution in [0.4, 0.5) is 0 Å². The number of benzene rings is 1. The number of hydrogen-bond acceptors (Lipinski definition) is 2. The number of rotatable bonds is 7. The van der Waals surface area contributed by atoms with Crippen molar-refractivity contribution in [3.05, 3.63) is 35.4 Å². The maximum atomic E-state index is 11.2. The molecule has 0 aromatic heterocycles. The molecule has 2 heteroatoms. The van der Waals surface area contributed by atoms with Gasteiger partial charge in [-0.05, 0) is 134 Å². The van der Waals surface area contributed by atoms with Gasteiger partial charge in [-0.1, -0.05) is 66.0 Å². The highest BCUT2D eigenvalue weighted by Gasteiger charge is 2.61. The van der Waals surface area contributed by atoms with Crippen LogP contribution in [0.5, 0.6) is 0 Å². The first kappa shape index (κ1) is 27.2. The topological polar surface area (TPSA) is 44.0 Å². The Morgan fingerprint density at radius 2 is 1.54 bits per heavy atom. The van der Waals surface area contributed by atoms with Gasteiger partial charge in [0.1, 0.15) is 0 Å². The molecule has 2 nitrogen and oxygen atoms in total. The zero-order valence-corrected chi connectivity index (χ0v) is 24.4. The molecule has 4 saturated carbocycles. The maximum absolute atomic E-state index is 11.2. The van der Waals surface area contributed by atoms with E-state index in [1.807, 2.05) is 12.1 Å². The van der Waals surface area contributed by atoms with Gasteiger partial charge in [0.2, 0.25) is 0 Å². The first-order valence-corrected chi connectivity index (χ1v) is 15.8. The number of nitriles is 1. The van der Waals surface area contributed by atoms with Crippen LogP contribution in [0.3, 0.4) is 0 Å². The summed E-state index contributed by atoms with van der Waals surface area (Å²) in [7, 11) is 0. The standard InChI is InChI=1S/C35H53NO/c1-23(2)7-6-8-24(3)29-15-16-30-27-13-14-31-28(21-25-9-11-26(22-36)12-10-25)33(37)18-20-35(31,5)32(27)17-19-34(29,30)4/h9-12,23-24,27-33,37H,6-8,13-21H2,1-5H3/t24-,27+,28+,29-,30+,31+,32+,33+,34-,35+/m1/s1. The molecule has 10 atom stereocenters. The van der Waals surface area contributed by atoms with E-state index in [4.69, 9.17) is 0 Å². The number of fused-ring (bicyclic) bond motifs is 5. The summed E-state index contributed by atoms with van der Waals surface area (Å²) in [5.74, 6) is 6.29. The Labute approximate surface area is 227 Å². The highest BCUT2D eigenvalue weighted by atomic mass is 16.3. The van der Waals surface area contributed by atoms with Crippen LogP contribution in [0.2, 0.25) is 0 Å². The van der Waals surface area contributed by atoms with Crippen molar-refractivity contribution >= 4 is 0 Å². The molecule has 37 heavy (non-hydrogen) atoms. The molecule has 4 aliphatic carbocycles. The lowest BCUT2D eigenvalue weighted by Crippen LogP contribution is -2.57. The number of hydrogen-bond donors (Lipinski definition) is 1. The van der Waals surface area contributed by atoms with Gasteiger partial charge in [0.05, 0.1) is 17.7 Å². The molecule has 1 aromatic rings. The second-order valence-corrected chi connectivity index (χ2v) is 14.9. The van der Waals surface area contributed by atoms with Gasteiger partial charge in [-0.3, -0.25) is 0 Å². The fourth-order valence-electron chi connectivity index (χ4n) is 10.8. The van der Waals surface area contributed by atoms with E-state index < -0.39 is 0 Å². The first-order valence-electron chi connectivity index (χ1n) is 15.8. The summed E-state index contributed by atoms with van der Waals surface area (Å²) in [6.07, 6.45) is 15.6. The molecule has 0 amide bonds. The molecular formula is C35H53NO. The Hall–Kier alpha value is -1.33. The minimum absolute atomic E-state index is 0.179. The summed E-state index contributed by atoms with van der Waals surface area (Å²) in [6.45, 7) is 12.7. The molecule has 0 unspecified atom stereocenters. The van der Waals surface area contributed by atoms with Gasteiger partial charge in [-0.2, -0.15) is 5.26 Å². The van der Waals surface area contributed by atoms with E-state index >= 15 is 0 Å². The average Bonchev–Trinajstić information content (AvgIpc) is 3.23. The molecule has 0 radical (unpaired) electrons. The Morgan fingerprint density at radius 3 is 2.24 bits per heavy atom. The van der Waals surface area contributed by atoms with E-state index in [1.54, 1.807) is 0 Å². The van der Waals surface area contributed by atoms with E-state index in [0.717, 1.165) is 53.9 Å². The van der Waals surface area contributed by atoms with E-state index in [-0.39, 0.29) is 6.10 Å². The third-order valence-electron chi connectivity index (χ3n) is 12.7. The van der Waals surface area contributed by atoms with Gasteiger partial charge in [0, 0.05) is 0 Å². The molecule has 204 valence electrons. The zero-order valence-electron chi connectivity index (χ0n) is 24.4. The minimum Gasteiger partial charge on any atom is -0.393 e. The normalized spacial score (nSPS) is 41.9. The van der Waals surface area contributed by atoms with Gasteiger partial charge in [0.25, 0.3) is 0 Å². The quantitative estimate of drug-likeness (QED) is 0.404. The Balaban J connectivity index is 1.31. The lowest BCUT2D eigenvalue weighted by Gasteiger charge is -2.63. The largest absolute Gasteiger partial charge is 0.393 e. The fourth-order valence-corrected chi connectivity index (χ4v) is 10.8. The van der Waals surface area contributed by atoms with Crippen molar-refractivity contribution in [2.75, 3.05) is 0 Å². The Kier molecular flexibility index (Phi) is 7.86. The van der Waals surface area contributed by atoms with Crippen LogP contribution in [-0.2, 0) is 6.42 Å². The molecule has 1 aromatic carbocycles. The average molecular weight is 504 g/mol. The van der Waals surface area contributed by atoms with E-state index in [2.05, 4.69) is 52.8 Å². The molecule has 4 aliphatic rings. The summed E-state index contributed by atoms with van der Waals surface area (Å²) in [5, 5.41) is 20.4. The predicted octanol–water partition coefficient (Wildman–Crippen LogP) is 8.81. The highest BCUT2D eigenvalue weighted by molar-refractivity contribution is 5.32. The van der Waals surface area contributed by atoms with Gasteiger partial charge in [-0.15, -0.1) is 0 Å². The molecule has 5 rings (SSSR count). The third kappa shape index (κ3) is 4.93. The van der Waals surface area contributed by atoms with E-state index in [1.165, 1.54) is 69.8 Å². The van der Waals surface area contributed by atoms with Crippen molar-refractivity contribution in [3.63, 3.8) is 0 Å². The summed E-state index contributed by atoms with van der Waals surface area (Å²) >= 11 is 0. The Bertz CT molecular complexity index is 960. The van der Waals surface area contributed by atoms with Crippen LogP contribution in [0.1, 0.15) is 116 Å². The lowest BCUT2D eigenvalue weighted by atomic mass is 9.42. The minimum atomic E-state index is -0.179. The number of aliphatic hydroxyl groups is 1. The smallest absolute Gasteiger partial charge is 0.0991 e. The van der Waals surface area contributed by atoms with Crippen LogP contribution in [-0.4, -0.2) is 11.2 Å². The summed E-state index contributed by atoms with van der Waals surface area (Å²) in [4.78, 5) is 0. The van der Waals surface area contributed by atoms with Crippen LogP contribution in [0.25, 0.3) is 0 Å². The molecular weight excluding hydrogens is 450 g/mol. The van der Waals surface area contributed by atoms with Crippen molar-refractivity contribution in [2.45, 2.75) is 118 Å². The van der Waals surface area contributed by atoms with Crippen LogP contribution >= 0.6 is 0 Å². The molecule has 0 spiro atoms. The van der Waals surface area contributed by atoms with E-state index in [9.17, 15) is 10.4 Å². The van der Waals surface area contributed by atoms with Gasteiger partial charge >= 0.3 is 0 Å². The summed E-state index contributed by atoms with van der Waals surface area (Å²) < 4.78 is 0. The number of nitrogens with zero attached hydrogens (tertiary/aromatic N) is 1. The zero-order chi connectivity index (χ0) is 26.4. The number of aliphatic hydroxyl groups excluding tert-OH is 1. The Morgan fingerprint density at radius 1 is 0.865 bits per heavy atom. The van der Waals surface area contributed by atoms with Crippen LogP contribution < -0.4 is 0 Å². The van der Waals surface area contributed by atoms with Crippen molar-refractivity contribution in [1.82, 2.24) is 0 Å². The predicted molar refractivity (Wildman–Crippen MR) is 153 cm³/mol. The SMILES string of the molecule is CC(C)CCC[C@@H](C)[C@H]1CC[C@H]2[C@@H]3CC[C@H]4[C@H](Cc5ccc(C#N)cc5)[C@@H](O)CC[C@]4(C)[C@H]3CC[C@]12C. The van der Waals surface area contributed by atoms with Crippen LogP contribution in [0.15, 0.2) is 24.3 Å². The van der Waals surface area contributed by atoms with E-state index in [0.29, 0.717) is 22.7 Å². The molecule has 0 heterocycles. The summed E-state index contributed by atoms with van der Waals surface area (Å²) in [5.41, 5.74) is 2.95. The summed E-state index contributed by atoms with van der Waals surface area (Å²) in [6, 6.07) is 10.4. The van der Waals surface area contributed by atoms with Gasteiger partial charge < -0.3 is 5.11 Å². The molecule has 0 saturated heterocycles. The highest BCUT2D eigenvalue weighted by Crippen LogP contribution is 2.69. The van der Waals surface area contributed by atoms with Crippen molar-refractivity contribution < 1.29 is 5.11 Å². The molecule has 1 N–H and O–H groups in total. The third-order valence-corrected chi connectivity index (χ3v) is 12.7. The second-order valence-electron chi connectivity index (χ2n) is 14.9. The first-order chi connectivity index (χ1) is 17.7. The van der Waals surface area contributed by atoms with Crippen molar-refractivity contribution in [1.29, 1.82) is 5.26 Å².